The van der Waals surface area contributed by atoms with Crippen molar-refractivity contribution in [3.05, 3.63) is 48.0 Å². The van der Waals surface area contributed by atoms with Gasteiger partial charge in [0.05, 0.1) is 27.4 Å². The van der Waals surface area contributed by atoms with Crippen LogP contribution in [0.3, 0.4) is 0 Å². The Kier molecular flexibility index (Phi) is 7.15. The minimum Gasteiger partial charge on any atom is -0.497 e. The highest BCUT2D eigenvalue weighted by atomic mass is 32.2. The van der Waals surface area contributed by atoms with Gasteiger partial charge in [-0.05, 0) is 36.2 Å². The van der Waals surface area contributed by atoms with Gasteiger partial charge in [0, 0.05) is 30.9 Å². The second-order valence-corrected chi connectivity index (χ2v) is 9.68. The lowest BCUT2D eigenvalue weighted by molar-refractivity contribution is -0.117. The van der Waals surface area contributed by atoms with Crippen molar-refractivity contribution in [2.24, 2.45) is 0 Å². The van der Waals surface area contributed by atoms with Gasteiger partial charge in [0.2, 0.25) is 15.9 Å². The van der Waals surface area contributed by atoms with Gasteiger partial charge in [0.25, 0.3) is 0 Å². The average Bonchev–Trinajstić information content (AvgIpc) is 3.35. The molecule has 11 heteroatoms. The maximum Gasteiger partial charge on any atom is 0.246 e. The van der Waals surface area contributed by atoms with E-state index in [0.717, 1.165) is 5.56 Å². The number of carbonyl (C=O) groups excluding carboxylic acids is 1. The molecule has 0 bridgehead atoms. The first-order valence-corrected chi connectivity index (χ1v) is 12.1. The average molecular weight is 477 g/mol. The first kappa shape index (κ1) is 23.5. The van der Waals surface area contributed by atoms with Crippen LogP contribution in [-0.2, 0) is 19.6 Å². The number of sulfonamides is 1. The fourth-order valence-electron chi connectivity index (χ4n) is 3.91. The van der Waals surface area contributed by atoms with Crippen molar-refractivity contribution < 1.29 is 27.4 Å². The smallest absolute Gasteiger partial charge is 0.246 e. The van der Waals surface area contributed by atoms with Gasteiger partial charge in [-0.25, -0.2) is 19.3 Å². The number of rotatable bonds is 7. The number of hydrogen-bond donors (Lipinski definition) is 3. The lowest BCUT2D eigenvalue weighted by Crippen LogP contribution is -2.40. The van der Waals surface area contributed by atoms with Crippen LogP contribution in [0.15, 0.2) is 47.4 Å². The van der Waals surface area contributed by atoms with Crippen LogP contribution in [0.25, 0.3) is 0 Å². The number of benzene rings is 2. The molecule has 33 heavy (non-hydrogen) atoms. The molecule has 2 atom stereocenters. The van der Waals surface area contributed by atoms with Crippen molar-refractivity contribution in [1.29, 1.82) is 0 Å². The molecule has 2 aromatic carbocycles. The molecule has 1 amide bonds. The summed E-state index contributed by atoms with van der Waals surface area (Å²) < 4.78 is 43.7. The predicted molar refractivity (Wildman–Crippen MR) is 122 cm³/mol. The molecule has 2 unspecified atom stereocenters. The summed E-state index contributed by atoms with van der Waals surface area (Å²) in [5.74, 6) is 0.729. The summed E-state index contributed by atoms with van der Waals surface area (Å²) in [5, 5.41) is 2.87. The first-order valence-electron chi connectivity index (χ1n) is 10.6. The third kappa shape index (κ3) is 5.12. The van der Waals surface area contributed by atoms with Crippen molar-refractivity contribution >= 4 is 21.6 Å². The van der Waals surface area contributed by atoms with Gasteiger partial charge in [-0.3, -0.25) is 4.79 Å². The van der Waals surface area contributed by atoms with Gasteiger partial charge in [0.1, 0.15) is 22.4 Å². The van der Waals surface area contributed by atoms with Crippen LogP contribution in [0.5, 0.6) is 11.5 Å². The Morgan fingerprint density at radius 3 is 2.61 bits per heavy atom. The third-order valence-corrected chi connectivity index (χ3v) is 7.65. The van der Waals surface area contributed by atoms with Crippen molar-refractivity contribution in [2.45, 2.75) is 23.4 Å². The van der Waals surface area contributed by atoms with Crippen LogP contribution in [0.4, 0.5) is 5.69 Å². The number of hydrazine groups is 1. The molecule has 3 N–H and O–H groups in total. The van der Waals surface area contributed by atoms with Gasteiger partial charge in [-0.2, -0.15) is 4.31 Å². The highest BCUT2D eigenvalue weighted by Gasteiger charge is 2.33. The summed E-state index contributed by atoms with van der Waals surface area (Å²) >= 11 is 0. The Labute approximate surface area is 193 Å². The number of amides is 1. The predicted octanol–water partition coefficient (Wildman–Crippen LogP) is 1.27. The number of hydrogen-bond acceptors (Lipinski definition) is 8. The lowest BCUT2D eigenvalue weighted by Gasteiger charge is -2.27. The van der Waals surface area contributed by atoms with Gasteiger partial charge >= 0.3 is 0 Å². The van der Waals surface area contributed by atoms with E-state index in [9.17, 15) is 13.2 Å². The molecule has 2 aliphatic rings. The maximum absolute atomic E-state index is 13.2. The number of nitrogens with zero attached hydrogens (tertiary/aromatic N) is 1. The molecule has 2 saturated heterocycles. The topological polar surface area (TPSA) is 118 Å². The number of ether oxygens (including phenoxy) is 3. The van der Waals surface area contributed by atoms with Crippen molar-refractivity contribution in [1.82, 2.24) is 15.2 Å². The molecule has 0 saturated carbocycles. The molecular weight excluding hydrogens is 448 g/mol. The van der Waals surface area contributed by atoms with E-state index in [1.165, 1.54) is 11.4 Å². The highest BCUT2D eigenvalue weighted by Crippen LogP contribution is 2.32. The Morgan fingerprint density at radius 2 is 1.88 bits per heavy atom. The first-order chi connectivity index (χ1) is 15.9. The van der Waals surface area contributed by atoms with Crippen LogP contribution in [0.1, 0.15) is 18.0 Å². The maximum atomic E-state index is 13.2. The Hall–Kier alpha value is -2.70. The number of anilines is 1. The minimum atomic E-state index is -3.75. The Bertz CT molecular complexity index is 1100. The number of morpholine rings is 1. The van der Waals surface area contributed by atoms with E-state index >= 15 is 0 Å². The summed E-state index contributed by atoms with van der Waals surface area (Å²) in [5.41, 5.74) is 7.48. The fraction of sp³-hybridized carbons (Fsp3) is 0.409. The summed E-state index contributed by atoms with van der Waals surface area (Å²) in [4.78, 5) is 12.8. The lowest BCUT2D eigenvalue weighted by atomic mass is 10.0. The third-order valence-electron chi connectivity index (χ3n) is 5.73. The molecule has 178 valence electrons. The van der Waals surface area contributed by atoms with Crippen LogP contribution in [-0.4, -0.2) is 65.2 Å². The molecule has 2 fully saturated rings. The monoisotopic (exact) mass is 476 g/mol. The molecule has 4 rings (SSSR count). The molecule has 0 spiro atoms. The molecule has 10 nitrogen and oxygen atoms in total. The largest absolute Gasteiger partial charge is 0.497 e. The van der Waals surface area contributed by atoms with Gasteiger partial charge < -0.3 is 19.5 Å². The van der Waals surface area contributed by atoms with Crippen LogP contribution in [0.2, 0.25) is 0 Å². The summed E-state index contributed by atoms with van der Waals surface area (Å²) in [6, 6.07) is 11.4. The van der Waals surface area contributed by atoms with E-state index in [2.05, 4.69) is 16.2 Å². The van der Waals surface area contributed by atoms with E-state index in [-0.39, 0.29) is 22.6 Å². The summed E-state index contributed by atoms with van der Waals surface area (Å²) in [6.07, 6.45) is 0.444. The zero-order valence-corrected chi connectivity index (χ0v) is 19.4. The van der Waals surface area contributed by atoms with E-state index in [1.807, 2.05) is 0 Å². The number of nitrogens with one attached hydrogen (secondary N) is 3. The molecule has 0 radical (unpaired) electrons. The van der Waals surface area contributed by atoms with Gasteiger partial charge in [-0.15, -0.1) is 0 Å². The van der Waals surface area contributed by atoms with E-state index in [1.54, 1.807) is 49.6 Å². The second kappa shape index (κ2) is 10.1. The van der Waals surface area contributed by atoms with Crippen LogP contribution >= 0.6 is 0 Å². The Morgan fingerprint density at radius 1 is 1.09 bits per heavy atom. The fourth-order valence-corrected chi connectivity index (χ4v) is 5.51. The van der Waals surface area contributed by atoms with Crippen molar-refractivity contribution in [3.63, 3.8) is 0 Å². The van der Waals surface area contributed by atoms with Crippen LogP contribution in [0, 0.1) is 0 Å². The molecular formula is C22H28N4O6S. The Balaban J connectivity index is 1.49. The van der Waals surface area contributed by atoms with Crippen molar-refractivity contribution in [2.75, 3.05) is 45.8 Å². The van der Waals surface area contributed by atoms with E-state index in [4.69, 9.17) is 14.2 Å². The van der Waals surface area contributed by atoms with E-state index < -0.39 is 16.1 Å². The summed E-state index contributed by atoms with van der Waals surface area (Å²) in [6.45, 7) is 1.32. The molecule has 0 aromatic heterocycles. The molecule has 2 heterocycles. The number of carbonyl (C=O) groups is 1. The number of methoxy groups -OCH3 is 2. The zero-order valence-electron chi connectivity index (χ0n) is 18.5. The quantitative estimate of drug-likeness (QED) is 0.547. The standard InChI is InChI=1S/C22H28N4O6S/c1-30-17-5-3-4-16(13-17)23-22(27)19-14-18(24-25-19)15-6-7-20(31-2)21(12-15)33(28,29)26-8-10-32-11-9-26/h3-7,12-13,18-19,24-25H,8-11,14H2,1-2H3,(H,23,27). The van der Waals surface area contributed by atoms with Gasteiger partial charge in [-0.1, -0.05) is 12.1 Å². The molecule has 2 aromatic rings. The second-order valence-electron chi connectivity index (χ2n) is 7.78. The minimum absolute atomic E-state index is 0.107. The SMILES string of the molecule is COc1cccc(NC(=O)C2CC(c3ccc(OC)c(S(=O)(=O)N4CCOCC4)c3)NN2)c1. The highest BCUT2D eigenvalue weighted by molar-refractivity contribution is 7.89. The van der Waals surface area contributed by atoms with Crippen molar-refractivity contribution in [3.8, 4) is 11.5 Å². The zero-order chi connectivity index (χ0) is 23.4. The summed E-state index contributed by atoms with van der Waals surface area (Å²) in [7, 11) is -0.733. The van der Waals surface area contributed by atoms with E-state index in [0.29, 0.717) is 44.2 Å². The van der Waals surface area contributed by atoms with Crippen LogP contribution < -0.4 is 25.6 Å². The molecule has 2 aliphatic heterocycles. The van der Waals surface area contributed by atoms with Gasteiger partial charge in [0.15, 0.2) is 0 Å². The normalized spacial score (nSPS) is 21.5. The molecule has 0 aliphatic carbocycles.